The topological polar surface area (TPSA) is 29.1 Å². The maximum atomic E-state index is 11.8. The van der Waals surface area contributed by atoms with Crippen LogP contribution in [0.3, 0.4) is 0 Å². The predicted molar refractivity (Wildman–Crippen MR) is 64.4 cm³/mol. The van der Waals surface area contributed by atoms with Crippen LogP contribution in [-0.2, 0) is 0 Å². The van der Waals surface area contributed by atoms with Crippen LogP contribution in [0, 0.1) is 0 Å². The van der Waals surface area contributed by atoms with E-state index in [0.29, 0.717) is 6.04 Å². The molecule has 1 saturated carbocycles. The number of hydrogen-bond donors (Lipinski definition) is 1. The fraction of sp³-hybridized carbons (Fsp3) is 0.214. The van der Waals surface area contributed by atoms with Crippen molar-refractivity contribution in [2.45, 2.75) is 18.9 Å². The highest BCUT2D eigenvalue weighted by Gasteiger charge is 2.23. The van der Waals surface area contributed by atoms with Crippen LogP contribution in [0.1, 0.15) is 23.2 Å². The lowest BCUT2D eigenvalue weighted by atomic mass is 10.1. The summed E-state index contributed by atoms with van der Waals surface area (Å²) in [6, 6.07) is 14.3. The van der Waals surface area contributed by atoms with E-state index < -0.39 is 0 Å². The Morgan fingerprint density at radius 2 is 1.81 bits per heavy atom. The van der Waals surface area contributed by atoms with Crippen molar-refractivity contribution in [2.75, 3.05) is 0 Å². The highest BCUT2D eigenvalue weighted by Crippen LogP contribution is 2.20. The third kappa shape index (κ3) is 1.78. The standard InChI is InChI=1S/C14H13NO/c16-14(15-13-7-8-13)12-6-5-10-3-1-2-4-11(10)9-12/h1-6,9,13H,7-8H2,(H,15,16). The van der Waals surface area contributed by atoms with Gasteiger partial charge in [-0.3, -0.25) is 4.79 Å². The molecule has 1 fully saturated rings. The van der Waals surface area contributed by atoms with E-state index in [1.165, 1.54) is 5.39 Å². The molecule has 80 valence electrons. The first-order valence-electron chi connectivity index (χ1n) is 5.62. The molecule has 0 radical (unpaired) electrons. The van der Waals surface area contributed by atoms with Gasteiger partial charge in [0.1, 0.15) is 0 Å². The molecule has 2 aromatic carbocycles. The summed E-state index contributed by atoms with van der Waals surface area (Å²) in [4.78, 5) is 11.8. The van der Waals surface area contributed by atoms with E-state index in [9.17, 15) is 4.79 Å². The zero-order valence-electron chi connectivity index (χ0n) is 8.94. The van der Waals surface area contributed by atoms with Crippen molar-refractivity contribution in [1.82, 2.24) is 5.32 Å². The van der Waals surface area contributed by atoms with Gasteiger partial charge in [0.2, 0.25) is 0 Å². The first-order valence-corrected chi connectivity index (χ1v) is 5.62. The zero-order valence-corrected chi connectivity index (χ0v) is 8.94. The lowest BCUT2D eigenvalue weighted by Gasteiger charge is -2.04. The summed E-state index contributed by atoms with van der Waals surface area (Å²) in [6.07, 6.45) is 2.25. The molecule has 3 rings (SSSR count). The number of amides is 1. The number of rotatable bonds is 2. The number of carbonyl (C=O) groups is 1. The Hall–Kier alpha value is -1.83. The molecule has 0 aliphatic heterocycles. The molecule has 2 heteroatoms. The molecule has 1 N–H and O–H groups in total. The van der Waals surface area contributed by atoms with Crippen molar-refractivity contribution in [2.24, 2.45) is 0 Å². The zero-order chi connectivity index (χ0) is 11.0. The molecule has 1 amide bonds. The van der Waals surface area contributed by atoms with Crippen molar-refractivity contribution < 1.29 is 4.79 Å². The molecule has 2 nitrogen and oxygen atoms in total. The quantitative estimate of drug-likeness (QED) is 0.813. The van der Waals surface area contributed by atoms with Crippen LogP contribution in [0.15, 0.2) is 42.5 Å². The average Bonchev–Trinajstić information content (AvgIpc) is 3.12. The van der Waals surface area contributed by atoms with Gasteiger partial charge in [-0.2, -0.15) is 0 Å². The van der Waals surface area contributed by atoms with Crippen LogP contribution in [0.5, 0.6) is 0 Å². The van der Waals surface area contributed by atoms with Gasteiger partial charge in [0.25, 0.3) is 5.91 Å². The van der Waals surface area contributed by atoms with Gasteiger partial charge in [-0.15, -0.1) is 0 Å². The summed E-state index contributed by atoms with van der Waals surface area (Å²) >= 11 is 0. The molecule has 0 unspecified atom stereocenters. The summed E-state index contributed by atoms with van der Waals surface area (Å²) in [6.45, 7) is 0. The van der Waals surface area contributed by atoms with E-state index in [0.717, 1.165) is 23.8 Å². The normalized spacial score (nSPS) is 15.0. The summed E-state index contributed by atoms with van der Waals surface area (Å²) in [7, 11) is 0. The monoisotopic (exact) mass is 211 g/mol. The van der Waals surface area contributed by atoms with Gasteiger partial charge >= 0.3 is 0 Å². The molecule has 0 aromatic heterocycles. The van der Waals surface area contributed by atoms with Crippen molar-refractivity contribution in [3.05, 3.63) is 48.0 Å². The van der Waals surface area contributed by atoms with Gasteiger partial charge in [0, 0.05) is 11.6 Å². The second kappa shape index (κ2) is 3.63. The summed E-state index contributed by atoms with van der Waals surface area (Å²) in [5.41, 5.74) is 0.755. The number of carbonyl (C=O) groups excluding carboxylic acids is 1. The van der Waals surface area contributed by atoms with E-state index in [-0.39, 0.29) is 5.91 Å². The van der Waals surface area contributed by atoms with Crippen molar-refractivity contribution >= 4 is 16.7 Å². The summed E-state index contributed by atoms with van der Waals surface area (Å²) in [5.74, 6) is 0.0493. The van der Waals surface area contributed by atoms with Gasteiger partial charge in [0.15, 0.2) is 0 Å². The lowest BCUT2D eigenvalue weighted by molar-refractivity contribution is 0.0951. The van der Waals surface area contributed by atoms with Crippen molar-refractivity contribution in [1.29, 1.82) is 0 Å². The Morgan fingerprint density at radius 3 is 2.56 bits per heavy atom. The molecule has 2 aromatic rings. The van der Waals surface area contributed by atoms with Gasteiger partial charge in [-0.25, -0.2) is 0 Å². The van der Waals surface area contributed by atoms with Crippen molar-refractivity contribution in [3.8, 4) is 0 Å². The van der Waals surface area contributed by atoms with E-state index in [1.54, 1.807) is 0 Å². The minimum absolute atomic E-state index is 0.0493. The van der Waals surface area contributed by atoms with Gasteiger partial charge < -0.3 is 5.32 Å². The third-order valence-corrected chi connectivity index (χ3v) is 2.92. The molecule has 0 spiro atoms. The Balaban J connectivity index is 1.94. The van der Waals surface area contributed by atoms with Crippen LogP contribution >= 0.6 is 0 Å². The fourth-order valence-electron chi connectivity index (χ4n) is 1.83. The van der Waals surface area contributed by atoms with Crippen LogP contribution in [0.2, 0.25) is 0 Å². The number of nitrogens with one attached hydrogen (secondary N) is 1. The van der Waals surface area contributed by atoms with E-state index >= 15 is 0 Å². The van der Waals surface area contributed by atoms with Gasteiger partial charge in [-0.05, 0) is 35.7 Å². The molecule has 16 heavy (non-hydrogen) atoms. The highest BCUT2D eigenvalue weighted by molar-refractivity contribution is 5.98. The first-order chi connectivity index (χ1) is 7.83. The number of fused-ring (bicyclic) bond motifs is 1. The van der Waals surface area contributed by atoms with Crippen molar-refractivity contribution in [3.63, 3.8) is 0 Å². The predicted octanol–water partition coefficient (Wildman–Crippen LogP) is 2.73. The summed E-state index contributed by atoms with van der Waals surface area (Å²) in [5, 5.41) is 5.28. The molecule has 0 bridgehead atoms. The molecule has 1 aliphatic rings. The largest absolute Gasteiger partial charge is 0.349 e. The Kier molecular flexibility index (Phi) is 2.13. The molecular weight excluding hydrogens is 198 g/mol. The summed E-state index contributed by atoms with van der Waals surface area (Å²) < 4.78 is 0. The molecular formula is C14H13NO. The Morgan fingerprint density at radius 1 is 1.06 bits per heavy atom. The maximum Gasteiger partial charge on any atom is 0.251 e. The van der Waals surface area contributed by atoms with Gasteiger partial charge in [-0.1, -0.05) is 30.3 Å². The average molecular weight is 211 g/mol. The Labute approximate surface area is 94.3 Å². The van der Waals surface area contributed by atoms with Crippen LogP contribution in [-0.4, -0.2) is 11.9 Å². The van der Waals surface area contributed by atoms with E-state index in [2.05, 4.69) is 11.4 Å². The van der Waals surface area contributed by atoms with Crippen LogP contribution < -0.4 is 5.32 Å². The van der Waals surface area contributed by atoms with Crippen LogP contribution in [0.4, 0.5) is 0 Å². The second-order valence-electron chi connectivity index (χ2n) is 4.31. The SMILES string of the molecule is O=C(NC1CC1)c1ccc2ccccc2c1. The number of hydrogen-bond acceptors (Lipinski definition) is 1. The molecule has 0 saturated heterocycles. The first kappa shape index (κ1) is 9.40. The lowest BCUT2D eigenvalue weighted by Crippen LogP contribution is -2.25. The highest BCUT2D eigenvalue weighted by atomic mass is 16.1. The fourth-order valence-corrected chi connectivity index (χ4v) is 1.83. The second-order valence-corrected chi connectivity index (χ2v) is 4.31. The minimum Gasteiger partial charge on any atom is -0.349 e. The van der Waals surface area contributed by atoms with E-state index in [1.807, 2.05) is 36.4 Å². The molecule has 0 heterocycles. The van der Waals surface area contributed by atoms with Crippen LogP contribution in [0.25, 0.3) is 10.8 Å². The smallest absolute Gasteiger partial charge is 0.251 e. The maximum absolute atomic E-state index is 11.8. The van der Waals surface area contributed by atoms with E-state index in [4.69, 9.17) is 0 Å². The molecule has 0 atom stereocenters. The number of benzene rings is 2. The Bertz CT molecular complexity index is 543. The molecule has 1 aliphatic carbocycles. The van der Waals surface area contributed by atoms with Gasteiger partial charge in [0.05, 0.1) is 0 Å². The minimum atomic E-state index is 0.0493. The third-order valence-electron chi connectivity index (χ3n) is 2.92.